The molecule has 0 amide bonds. The van der Waals surface area contributed by atoms with Gasteiger partial charge in [0.2, 0.25) is 0 Å². The highest BCUT2D eigenvalue weighted by Crippen LogP contribution is 2.39. The van der Waals surface area contributed by atoms with Crippen molar-refractivity contribution < 1.29 is 9.47 Å². The molecule has 3 aromatic rings. The Morgan fingerprint density at radius 1 is 0.867 bits per heavy atom. The second-order valence-corrected chi connectivity index (χ2v) is 9.36. The molecule has 3 rings (SSSR count). The lowest BCUT2D eigenvalue weighted by atomic mass is 9.91. The minimum atomic E-state index is 0.599. The molecule has 0 fully saturated rings. The third-order valence-corrected chi connectivity index (χ3v) is 5.72. The third-order valence-electron chi connectivity index (χ3n) is 5.06. The van der Waals surface area contributed by atoms with Crippen LogP contribution in [0.3, 0.4) is 0 Å². The van der Waals surface area contributed by atoms with Gasteiger partial charge in [0.1, 0.15) is 0 Å². The smallest absolute Gasteiger partial charge is 0.162 e. The molecule has 1 N–H and O–H groups in total. The average Bonchev–Trinajstić information content (AvgIpc) is 2.69. The maximum absolute atomic E-state index is 5.47. The van der Waals surface area contributed by atoms with Crippen molar-refractivity contribution >= 4 is 38.2 Å². The molecule has 5 heteroatoms. The van der Waals surface area contributed by atoms with Crippen molar-refractivity contribution in [2.75, 3.05) is 19.5 Å². The van der Waals surface area contributed by atoms with E-state index in [1.54, 1.807) is 14.2 Å². The summed E-state index contributed by atoms with van der Waals surface area (Å²) in [7, 11) is 3.28. The molecule has 0 aliphatic carbocycles. The van der Waals surface area contributed by atoms with E-state index in [1.165, 1.54) is 11.1 Å². The van der Waals surface area contributed by atoms with E-state index >= 15 is 0 Å². The number of fused-ring (bicyclic) bond motifs is 1. The summed E-state index contributed by atoms with van der Waals surface area (Å²) in [5.74, 6) is 2.58. The van der Waals surface area contributed by atoms with Crippen LogP contribution in [0.1, 0.15) is 38.8 Å². The van der Waals surface area contributed by atoms with Gasteiger partial charge in [-0.3, -0.25) is 4.98 Å². The molecule has 160 valence electrons. The molecule has 30 heavy (non-hydrogen) atoms. The van der Waals surface area contributed by atoms with Crippen LogP contribution in [0.15, 0.2) is 41.0 Å². The number of ether oxygens (including phenoxy) is 2. The molecule has 1 aromatic heterocycles. The van der Waals surface area contributed by atoms with Gasteiger partial charge in [-0.15, -0.1) is 0 Å². The molecule has 0 radical (unpaired) electrons. The van der Waals surface area contributed by atoms with Crippen LogP contribution in [-0.4, -0.2) is 19.2 Å². The number of hydrogen-bond acceptors (Lipinski definition) is 4. The predicted molar refractivity (Wildman–Crippen MR) is 129 cm³/mol. The number of halogens is 1. The second kappa shape index (κ2) is 9.69. The molecule has 0 aliphatic heterocycles. The summed E-state index contributed by atoms with van der Waals surface area (Å²) < 4.78 is 11.8. The van der Waals surface area contributed by atoms with Crippen LogP contribution in [0, 0.1) is 11.8 Å². The maximum atomic E-state index is 5.47. The Bertz CT molecular complexity index is 1030. The molecule has 0 bridgehead atoms. The largest absolute Gasteiger partial charge is 0.493 e. The Hall–Kier alpha value is -2.27. The normalized spacial score (nSPS) is 11.4. The van der Waals surface area contributed by atoms with Gasteiger partial charge < -0.3 is 14.8 Å². The Morgan fingerprint density at radius 2 is 1.47 bits per heavy atom. The first-order valence-electron chi connectivity index (χ1n) is 10.4. The van der Waals surface area contributed by atoms with Crippen molar-refractivity contribution in [1.82, 2.24) is 4.98 Å². The zero-order valence-electron chi connectivity index (χ0n) is 18.7. The number of benzene rings is 2. The lowest BCUT2D eigenvalue weighted by Crippen LogP contribution is -2.04. The van der Waals surface area contributed by atoms with Crippen LogP contribution in [0.5, 0.6) is 11.5 Å². The van der Waals surface area contributed by atoms with Crippen molar-refractivity contribution in [1.29, 1.82) is 0 Å². The summed E-state index contributed by atoms with van der Waals surface area (Å²) >= 11 is 3.65. The Labute approximate surface area is 188 Å². The quantitative estimate of drug-likeness (QED) is 0.379. The van der Waals surface area contributed by atoms with E-state index in [0.717, 1.165) is 39.6 Å². The van der Waals surface area contributed by atoms with Crippen LogP contribution >= 0.6 is 15.9 Å². The summed E-state index contributed by atoms with van der Waals surface area (Å²) in [6.07, 6.45) is 3.99. The Balaban J connectivity index is 2.09. The topological polar surface area (TPSA) is 43.4 Å². The predicted octanol–water partition coefficient (Wildman–Crippen LogP) is 7.16. The van der Waals surface area contributed by atoms with Crippen molar-refractivity contribution in [3.63, 3.8) is 0 Å². The first kappa shape index (κ1) is 22.4. The fraction of sp³-hybridized carbons (Fsp3) is 0.400. The number of pyridine rings is 1. The van der Waals surface area contributed by atoms with Crippen LogP contribution in [0.25, 0.3) is 10.9 Å². The molecule has 0 saturated carbocycles. The van der Waals surface area contributed by atoms with Gasteiger partial charge in [0.25, 0.3) is 0 Å². The molecular formula is C25H31BrN2O2. The van der Waals surface area contributed by atoms with Gasteiger partial charge in [0.15, 0.2) is 11.5 Å². The van der Waals surface area contributed by atoms with E-state index < -0.39 is 0 Å². The van der Waals surface area contributed by atoms with E-state index in [4.69, 9.17) is 9.47 Å². The fourth-order valence-corrected chi connectivity index (χ4v) is 4.17. The van der Waals surface area contributed by atoms with Gasteiger partial charge in [-0.1, -0.05) is 27.7 Å². The van der Waals surface area contributed by atoms with E-state index in [9.17, 15) is 0 Å². The summed E-state index contributed by atoms with van der Waals surface area (Å²) in [6, 6.07) is 10.5. The van der Waals surface area contributed by atoms with Crippen molar-refractivity contribution in [3.05, 3.63) is 52.1 Å². The monoisotopic (exact) mass is 470 g/mol. The maximum Gasteiger partial charge on any atom is 0.162 e. The van der Waals surface area contributed by atoms with Gasteiger partial charge >= 0.3 is 0 Å². The van der Waals surface area contributed by atoms with Crippen LogP contribution < -0.4 is 14.8 Å². The minimum absolute atomic E-state index is 0.599. The Morgan fingerprint density at radius 3 is 2.07 bits per heavy atom. The van der Waals surface area contributed by atoms with Crippen LogP contribution in [-0.2, 0) is 12.8 Å². The molecule has 4 nitrogen and oxygen atoms in total. The van der Waals surface area contributed by atoms with E-state index in [-0.39, 0.29) is 0 Å². The summed E-state index contributed by atoms with van der Waals surface area (Å²) in [4.78, 5) is 4.66. The van der Waals surface area contributed by atoms with Gasteiger partial charge in [-0.25, -0.2) is 0 Å². The Kier molecular flexibility index (Phi) is 7.24. The fourth-order valence-electron chi connectivity index (χ4n) is 3.74. The zero-order valence-corrected chi connectivity index (χ0v) is 20.3. The molecule has 0 saturated heterocycles. The van der Waals surface area contributed by atoms with Crippen molar-refractivity contribution in [2.24, 2.45) is 11.8 Å². The first-order chi connectivity index (χ1) is 14.3. The van der Waals surface area contributed by atoms with E-state index in [0.29, 0.717) is 23.3 Å². The molecule has 0 spiro atoms. The number of aromatic nitrogens is 1. The van der Waals surface area contributed by atoms with Crippen LogP contribution in [0.4, 0.5) is 11.4 Å². The van der Waals surface area contributed by atoms with Crippen LogP contribution in [0.2, 0.25) is 0 Å². The lowest BCUT2D eigenvalue weighted by Gasteiger charge is -2.18. The zero-order chi connectivity index (χ0) is 21.8. The minimum Gasteiger partial charge on any atom is -0.493 e. The number of methoxy groups -OCH3 is 2. The highest BCUT2D eigenvalue weighted by molar-refractivity contribution is 9.10. The summed E-state index contributed by atoms with van der Waals surface area (Å²) in [5.41, 5.74) is 5.77. The molecule has 1 heterocycles. The summed E-state index contributed by atoms with van der Waals surface area (Å²) in [5, 5.41) is 4.69. The standard InChI is InChI=1S/C25H31BrN2O2/c1-15(2)9-17-11-19-21(7-8-27-22(19)12-18(17)10-16(3)4)28-23-14-25(30-6)24(29-5)13-20(23)26/h7-8,11-16H,9-10H2,1-6H3,(H,27,28). The molecule has 0 aliphatic rings. The average molecular weight is 471 g/mol. The van der Waals surface area contributed by atoms with Gasteiger partial charge in [0, 0.05) is 33.9 Å². The first-order valence-corrected chi connectivity index (χ1v) is 11.2. The number of hydrogen-bond donors (Lipinski definition) is 1. The molecular weight excluding hydrogens is 440 g/mol. The second-order valence-electron chi connectivity index (χ2n) is 8.50. The lowest BCUT2D eigenvalue weighted by molar-refractivity contribution is 0.355. The van der Waals surface area contributed by atoms with Crippen molar-refractivity contribution in [3.8, 4) is 11.5 Å². The van der Waals surface area contributed by atoms with Crippen molar-refractivity contribution in [2.45, 2.75) is 40.5 Å². The molecule has 2 aromatic carbocycles. The highest BCUT2D eigenvalue weighted by atomic mass is 79.9. The van der Waals surface area contributed by atoms with E-state index in [1.807, 2.05) is 24.4 Å². The third kappa shape index (κ3) is 5.07. The SMILES string of the molecule is COc1cc(Br)c(Nc2ccnc3cc(CC(C)C)c(CC(C)C)cc23)cc1OC. The number of nitrogens with zero attached hydrogens (tertiary/aromatic N) is 1. The molecule has 0 unspecified atom stereocenters. The number of rotatable bonds is 8. The van der Waals surface area contributed by atoms with Gasteiger partial charge in [0.05, 0.1) is 25.4 Å². The number of nitrogens with one attached hydrogen (secondary N) is 1. The van der Waals surface area contributed by atoms with Gasteiger partial charge in [-0.2, -0.15) is 0 Å². The molecule has 0 atom stereocenters. The van der Waals surface area contributed by atoms with E-state index in [2.05, 4.69) is 66.1 Å². The highest BCUT2D eigenvalue weighted by Gasteiger charge is 2.14. The van der Waals surface area contributed by atoms with Gasteiger partial charge in [-0.05, 0) is 69.9 Å². The summed E-state index contributed by atoms with van der Waals surface area (Å²) in [6.45, 7) is 9.08. The number of anilines is 2.